The minimum Gasteiger partial charge on any atom is -0.344 e. The Labute approximate surface area is 268 Å². The molecule has 0 aliphatic rings. The zero-order valence-electron chi connectivity index (χ0n) is 25.6. The van der Waals surface area contributed by atoms with Gasteiger partial charge in [-0.05, 0) is 66.7 Å². The van der Waals surface area contributed by atoms with Crippen LogP contribution >= 0.6 is 0 Å². The van der Waals surface area contributed by atoms with Crippen molar-refractivity contribution < 1.29 is 25.8 Å². The monoisotopic (exact) mass is 654 g/mol. The third-order valence-corrected chi connectivity index (χ3v) is 10.8. The molecule has 1 heterocycles. The first-order chi connectivity index (χ1) is 21.9. The average Bonchev–Trinajstić information content (AvgIpc) is 3.06. The molecule has 0 aliphatic heterocycles. The van der Waals surface area contributed by atoms with Crippen LogP contribution in [0.25, 0.3) is 33.1 Å². The van der Waals surface area contributed by atoms with Gasteiger partial charge in [0, 0.05) is 50.7 Å². The third kappa shape index (κ3) is 5.69. The molecule has 0 spiro atoms. The Morgan fingerprint density at radius 1 is 0.565 bits per heavy atom. The van der Waals surface area contributed by atoms with Crippen molar-refractivity contribution in [3.63, 3.8) is 0 Å². The van der Waals surface area contributed by atoms with Gasteiger partial charge in [0.2, 0.25) is 10.0 Å². The van der Waals surface area contributed by atoms with Gasteiger partial charge >= 0.3 is 11.2 Å². The minimum absolute atomic E-state index is 0.188. The topological polar surface area (TPSA) is 110 Å². The van der Waals surface area contributed by atoms with Gasteiger partial charge in [0.25, 0.3) is 10.1 Å². The number of rotatable bonds is 8. The second kappa shape index (κ2) is 11.8. The number of para-hydroxylation sites is 1. The van der Waals surface area contributed by atoms with Crippen molar-refractivity contribution in [1.82, 2.24) is 4.31 Å². The Balaban J connectivity index is 1.54. The van der Waals surface area contributed by atoms with Gasteiger partial charge in [-0.2, -0.15) is 8.42 Å². The van der Waals surface area contributed by atoms with Crippen LogP contribution in [0.15, 0.2) is 129 Å². The molecule has 1 aromatic heterocycles. The lowest BCUT2D eigenvalue weighted by Crippen LogP contribution is -2.22. The van der Waals surface area contributed by atoms with Gasteiger partial charge in [-0.15, -0.1) is 0 Å². The highest BCUT2D eigenvalue weighted by Crippen LogP contribution is 2.42. The summed E-state index contributed by atoms with van der Waals surface area (Å²) in [6, 6.07) is 34.2. The van der Waals surface area contributed by atoms with Gasteiger partial charge in [-0.25, -0.2) is 17.1 Å². The molecule has 11 heteroatoms. The van der Waals surface area contributed by atoms with E-state index in [1.54, 1.807) is 42.5 Å². The van der Waals surface area contributed by atoms with E-state index in [4.69, 9.17) is 4.42 Å². The van der Waals surface area contributed by atoms with Gasteiger partial charge in [0.05, 0.1) is 39.2 Å². The number of benzene rings is 5. The number of anilines is 4. The summed E-state index contributed by atoms with van der Waals surface area (Å²) in [7, 11) is -1.33. The molecule has 0 fully saturated rings. The molecule has 0 unspecified atom stereocenters. The van der Waals surface area contributed by atoms with E-state index in [0.717, 1.165) is 22.7 Å². The summed E-state index contributed by atoms with van der Waals surface area (Å²) in [5.41, 5.74) is 5.30. The quantitative estimate of drug-likeness (QED) is 0.102. The van der Waals surface area contributed by atoms with Crippen molar-refractivity contribution in [2.24, 2.45) is 0 Å². The zero-order chi connectivity index (χ0) is 32.8. The first kappa shape index (κ1) is 31.2. The maximum atomic E-state index is 12.6. The second-order valence-electron chi connectivity index (χ2n) is 11.0. The highest BCUT2D eigenvalue weighted by molar-refractivity contribution is 7.89. The van der Waals surface area contributed by atoms with E-state index in [1.165, 1.54) is 24.5 Å². The lowest BCUT2D eigenvalue weighted by Gasteiger charge is -2.20. The van der Waals surface area contributed by atoms with E-state index in [0.29, 0.717) is 33.1 Å². The van der Waals surface area contributed by atoms with E-state index >= 15 is 0 Å². The summed E-state index contributed by atoms with van der Waals surface area (Å²) in [4.78, 5) is 3.91. The van der Waals surface area contributed by atoms with E-state index < -0.39 is 20.1 Å². The lowest BCUT2D eigenvalue weighted by molar-refractivity contribution is 0.483. The number of hydrogen-bond donors (Lipinski definition) is 1. The molecule has 5 aromatic carbocycles. The van der Waals surface area contributed by atoms with Gasteiger partial charge in [0.15, 0.2) is 0 Å². The maximum absolute atomic E-state index is 12.6. The molecule has 0 bridgehead atoms. The molecule has 0 saturated carbocycles. The normalized spacial score (nSPS) is 12.1. The first-order valence-electron chi connectivity index (χ1n) is 14.3. The molecule has 1 N–H and O–H groups in total. The molecule has 0 atom stereocenters. The highest BCUT2D eigenvalue weighted by Gasteiger charge is 2.27. The van der Waals surface area contributed by atoms with Crippen molar-refractivity contribution in [2.75, 3.05) is 38.0 Å². The summed E-state index contributed by atoms with van der Waals surface area (Å²) >= 11 is 0. The van der Waals surface area contributed by atoms with Gasteiger partial charge < -0.3 is 9.80 Å². The maximum Gasteiger partial charge on any atom is 0.363 e. The molecule has 234 valence electrons. The fraction of sp³-hybridized carbons (Fsp3) is 0.114. The first-order valence-corrected chi connectivity index (χ1v) is 17.2. The fourth-order valence-corrected chi connectivity index (χ4v) is 7.08. The van der Waals surface area contributed by atoms with Crippen molar-refractivity contribution in [3.05, 3.63) is 115 Å². The Morgan fingerprint density at radius 2 is 1.04 bits per heavy atom. The van der Waals surface area contributed by atoms with E-state index in [1.807, 2.05) is 90.6 Å². The average molecular weight is 655 g/mol. The van der Waals surface area contributed by atoms with Crippen molar-refractivity contribution in [1.29, 1.82) is 0 Å². The fourth-order valence-electron chi connectivity index (χ4n) is 5.48. The molecule has 46 heavy (non-hydrogen) atoms. The minimum atomic E-state index is -4.55. The number of hydrogen-bond acceptors (Lipinski definition) is 6. The molecule has 6 aromatic rings. The van der Waals surface area contributed by atoms with Crippen molar-refractivity contribution >= 4 is 64.8 Å². The summed E-state index contributed by atoms with van der Waals surface area (Å²) < 4.78 is 68.0. The summed E-state index contributed by atoms with van der Waals surface area (Å²) in [6.07, 6.45) is 0. The Morgan fingerprint density at radius 3 is 1.57 bits per heavy atom. The molecule has 9 nitrogen and oxygen atoms in total. The van der Waals surface area contributed by atoms with E-state index in [-0.39, 0.29) is 9.79 Å². The van der Waals surface area contributed by atoms with Crippen molar-refractivity contribution in [2.45, 2.75) is 9.79 Å². The summed E-state index contributed by atoms with van der Waals surface area (Å²) in [5, 5.41) is 1.32. The van der Waals surface area contributed by atoms with E-state index in [2.05, 4.69) is 0 Å². The predicted octanol–water partition coefficient (Wildman–Crippen LogP) is 7.57. The molecule has 6 rings (SSSR count). The Kier molecular flexibility index (Phi) is 8.03. The highest BCUT2D eigenvalue weighted by atomic mass is 32.2. The zero-order valence-corrected chi connectivity index (χ0v) is 27.2. The van der Waals surface area contributed by atoms with Crippen LogP contribution in [-0.2, 0) is 20.1 Å². The predicted molar refractivity (Wildman–Crippen MR) is 183 cm³/mol. The van der Waals surface area contributed by atoms with Crippen LogP contribution in [0, 0.1) is 0 Å². The van der Waals surface area contributed by atoms with Gasteiger partial charge in [-0.3, -0.25) is 4.55 Å². The number of nitrogens with zero attached hydrogens (tertiary/aromatic N) is 3. The second-order valence-corrected chi connectivity index (χ2v) is 14.6. The van der Waals surface area contributed by atoms with Gasteiger partial charge in [0.1, 0.15) is 4.90 Å². The Bertz CT molecular complexity index is 2310. The molecular formula is C35H32N3O6S2+. The van der Waals surface area contributed by atoms with E-state index in [9.17, 15) is 21.4 Å². The van der Waals surface area contributed by atoms with Crippen LogP contribution in [0.4, 0.5) is 22.7 Å². The molecular weight excluding hydrogens is 623 g/mol. The van der Waals surface area contributed by atoms with Crippen LogP contribution in [0.1, 0.15) is 0 Å². The van der Waals surface area contributed by atoms with Crippen molar-refractivity contribution in [3.8, 4) is 11.1 Å². The van der Waals surface area contributed by atoms with Crippen LogP contribution in [0.3, 0.4) is 0 Å². The SMILES string of the molecule is CN(c1ccccc1)c1ccc2c(-c3ccccc3S(=O)(=O)O)c3ccc(N(C)c4ccc(S(=O)(=O)N(C)C)cc4)cc3[o+]c2c1. The molecule has 0 aliphatic carbocycles. The lowest BCUT2D eigenvalue weighted by atomic mass is 9.96. The van der Waals surface area contributed by atoms with Gasteiger partial charge in [-0.1, -0.05) is 36.4 Å². The van der Waals surface area contributed by atoms with Crippen LogP contribution in [0.5, 0.6) is 0 Å². The smallest absolute Gasteiger partial charge is 0.344 e. The molecule has 0 saturated heterocycles. The Hall–Kier alpha value is -4.81. The molecule has 0 amide bonds. The van der Waals surface area contributed by atoms with Crippen LogP contribution in [-0.4, -0.2) is 53.9 Å². The van der Waals surface area contributed by atoms with Crippen LogP contribution in [0.2, 0.25) is 0 Å². The van der Waals surface area contributed by atoms with Crippen LogP contribution < -0.4 is 9.80 Å². The third-order valence-electron chi connectivity index (χ3n) is 8.04. The standard InChI is InChI=1S/C35H31N3O6S2/c1-36(2)45(39,40)28-18-14-25(15-19-28)38(4)27-17-21-30-33(23-27)44-32-22-26(37(3)24-10-6-5-7-11-24)16-20-29(32)35(30)31-12-8-9-13-34(31)46(41,42)43/h5-23H,1-4H3/p+1. The molecule has 0 radical (unpaired) electrons. The number of fused-ring (bicyclic) bond motifs is 2. The summed E-state index contributed by atoms with van der Waals surface area (Å²) in [5.74, 6) is 0. The number of sulfonamides is 1. The largest absolute Gasteiger partial charge is 0.363 e. The summed E-state index contributed by atoms with van der Waals surface area (Å²) in [6.45, 7) is 0.